The van der Waals surface area contributed by atoms with E-state index in [1.807, 2.05) is 19.9 Å². The molecule has 0 aromatic rings. The van der Waals surface area contributed by atoms with Gasteiger partial charge in [0.2, 0.25) is 5.78 Å². The molecule has 0 aromatic heterocycles. The van der Waals surface area contributed by atoms with Crippen LogP contribution in [-0.4, -0.2) is 49.8 Å². The lowest BCUT2D eigenvalue weighted by molar-refractivity contribution is -0.174. The quantitative estimate of drug-likeness (QED) is 0.411. The largest absolute Gasteiger partial charge is 0.458 e. The molecule has 6 nitrogen and oxygen atoms in total. The van der Waals surface area contributed by atoms with Gasteiger partial charge in [0.15, 0.2) is 12.4 Å². The van der Waals surface area contributed by atoms with E-state index in [2.05, 4.69) is 31.9 Å². The Bertz CT molecular complexity index is 983. The van der Waals surface area contributed by atoms with E-state index < -0.39 is 39.1 Å². The van der Waals surface area contributed by atoms with Gasteiger partial charge in [-0.1, -0.05) is 51.8 Å². The minimum absolute atomic E-state index is 0.00976. The molecule has 174 valence electrons. The minimum Gasteiger partial charge on any atom is -0.458 e. The van der Waals surface area contributed by atoms with E-state index >= 15 is 0 Å². The van der Waals surface area contributed by atoms with Gasteiger partial charge in [0, 0.05) is 34.9 Å². The summed E-state index contributed by atoms with van der Waals surface area (Å²) >= 11 is 7.39. The summed E-state index contributed by atoms with van der Waals surface area (Å²) < 4.78 is 3.95. The van der Waals surface area contributed by atoms with Crippen molar-refractivity contribution in [3.8, 4) is 0 Å². The molecule has 4 aliphatic rings. The van der Waals surface area contributed by atoms with E-state index in [-0.39, 0.29) is 40.6 Å². The maximum atomic E-state index is 13.7. The van der Waals surface area contributed by atoms with Crippen molar-refractivity contribution in [2.45, 2.75) is 61.7 Å². The molecule has 0 aliphatic heterocycles. The average Bonchev–Trinajstić information content (AvgIpc) is 2.85. The first-order valence-electron chi connectivity index (χ1n) is 10.9. The second kappa shape index (κ2) is 7.44. The van der Waals surface area contributed by atoms with Crippen LogP contribution in [0.25, 0.3) is 0 Å². The van der Waals surface area contributed by atoms with Crippen LogP contribution < -0.4 is 0 Å². The van der Waals surface area contributed by atoms with E-state index in [9.17, 15) is 24.3 Å². The first-order chi connectivity index (χ1) is 14.7. The Kier molecular flexibility index (Phi) is 5.58. The fourth-order valence-corrected chi connectivity index (χ4v) is 9.30. The van der Waals surface area contributed by atoms with Crippen LogP contribution in [0.5, 0.6) is 0 Å². The lowest BCUT2D eigenvalue weighted by Crippen LogP contribution is -2.65. The van der Waals surface area contributed by atoms with Crippen molar-refractivity contribution in [3.63, 3.8) is 0 Å². The predicted molar refractivity (Wildman–Crippen MR) is 124 cm³/mol. The molecular weight excluding hydrogens is 544 g/mol. The van der Waals surface area contributed by atoms with Gasteiger partial charge in [0.25, 0.3) is 0 Å². The van der Waals surface area contributed by atoms with Crippen molar-refractivity contribution in [2.75, 3.05) is 6.61 Å². The molecule has 0 amide bonds. The zero-order valence-electron chi connectivity index (χ0n) is 18.6. The SMILES string of the molecule is CC(=O)OCC(=O)[C@@]1(O)C(C)(Br)C[C@H]2[C@@H]3CC(Br)C4=CC(=O)C=C[C@]4(C)[C@H]3C(=O)C[C@@]21C. The van der Waals surface area contributed by atoms with Gasteiger partial charge in [0.05, 0.1) is 4.32 Å². The first kappa shape index (κ1) is 24.0. The monoisotopic (exact) mass is 570 g/mol. The highest BCUT2D eigenvalue weighted by molar-refractivity contribution is 9.10. The second-order valence-electron chi connectivity index (χ2n) is 10.4. The van der Waals surface area contributed by atoms with Gasteiger partial charge in [-0.3, -0.25) is 19.2 Å². The Hall–Kier alpha value is -1.12. The first-order valence-corrected chi connectivity index (χ1v) is 12.6. The number of ether oxygens (including phenoxy) is 1. The van der Waals surface area contributed by atoms with Crippen LogP contribution in [-0.2, 0) is 23.9 Å². The Morgan fingerprint density at radius 3 is 2.53 bits per heavy atom. The molecule has 3 saturated carbocycles. The van der Waals surface area contributed by atoms with E-state index in [4.69, 9.17) is 4.74 Å². The molecule has 4 aliphatic carbocycles. The van der Waals surface area contributed by atoms with E-state index in [0.29, 0.717) is 12.8 Å². The van der Waals surface area contributed by atoms with Crippen LogP contribution in [0, 0.1) is 28.6 Å². The number of esters is 1. The van der Waals surface area contributed by atoms with Crippen molar-refractivity contribution in [1.29, 1.82) is 0 Å². The van der Waals surface area contributed by atoms with E-state index in [1.165, 1.54) is 13.0 Å². The average molecular weight is 572 g/mol. The van der Waals surface area contributed by atoms with Gasteiger partial charge in [-0.2, -0.15) is 0 Å². The molecule has 0 radical (unpaired) electrons. The highest BCUT2D eigenvalue weighted by Crippen LogP contribution is 2.70. The number of rotatable bonds is 3. The van der Waals surface area contributed by atoms with Crippen LogP contribution in [0.3, 0.4) is 0 Å². The number of Topliss-reactive ketones (excluding diaryl/α,β-unsaturated/α-hetero) is 2. The molecule has 0 spiro atoms. The lowest BCUT2D eigenvalue weighted by atomic mass is 9.46. The maximum absolute atomic E-state index is 13.7. The summed E-state index contributed by atoms with van der Waals surface area (Å²) in [5.74, 6) is -1.82. The van der Waals surface area contributed by atoms with Gasteiger partial charge < -0.3 is 9.84 Å². The summed E-state index contributed by atoms with van der Waals surface area (Å²) in [5, 5.41) is 11.9. The molecule has 8 heteroatoms. The highest BCUT2D eigenvalue weighted by Gasteiger charge is 2.75. The van der Waals surface area contributed by atoms with Crippen molar-refractivity contribution in [3.05, 3.63) is 23.8 Å². The predicted octanol–water partition coefficient (Wildman–Crippen LogP) is 3.47. The lowest BCUT2D eigenvalue weighted by Gasteiger charge is -2.57. The van der Waals surface area contributed by atoms with Crippen LogP contribution in [0.2, 0.25) is 0 Å². The highest BCUT2D eigenvalue weighted by atomic mass is 79.9. The van der Waals surface area contributed by atoms with Crippen molar-refractivity contribution in [2.24, 2.45) is 28.6 Å². The molecule has 4 rings (SSSR count). The molecule has 0 heterocycles. The standard InChI is InChI=1S/C24H28Br2O6/c1-12(27)32-11-19(30)24(31)22(3)10-18(29)20-14(16(22)9-23(24,4)26)8-17(25)15-7-13(28)5-6-21(15,20)2/h5-7,14,16-17,20,31H,8-11H2,1-4H3/t14-,16-,17?,20+,21-,22-,23?,24-/m0/s1. The summed E-state index contributed by atoms with van der Waals surface area (Å²) in [6.45, 7) is 6.29. The summed E-state index contributed by atoms with van der Waals surface area (Å²) in [6.07, 6.45) is 6.21. The third-order valence-electron chi connectivity index (χ3n) is 8.62. The number of ketones is 3. The summed E-state index contributed by atoms with van der Waals surface area (Å²) in [4.78, 5) is 50.3. The van der Waals surface area contributed by atoms with Crippen LogP contribution in [0.15, 0.2) is 23.8 Å². The molecule has 1 N–H and O–H groups in total. The van der Waals surface area contributed by atoms with Crippen molar-refractivity contribution >= 4 is 55.2 Å². The van der Waals surface area contributed by atoms with Crippen LogP contribution in [0.1, 0.15) is 47.0 Å². The normalized spacial score (nSPS) is 47.3. The topological polar surface area (TPSA) is 97.7 Å². The number of hydrogen-bond donors (Lipinski definition) is 1. The van der Waals surface area contributed by atoms with Gasteiger partial charge in [-0.15, -0.1) is 0 Å². The maximum Gasteiger partial charge on any atom is 0.303 e. The fourth-order valence-electron chi connectivity index (χ4n) is 7.22. The number of halogens is 2. The molecule has 0 saturated heterocycles. The fraction of sp³-hybridized carbons (Fsp3) is 0.667. The Balaban J connectivity index is 1.79. The number of carbonyl (C=O) groups is 4. The molecular formula is C24H28Br2O6. The number of alkyl halides is 2. The molecule has 0 aromatic carbocycles. The van der Waals surface area contributed by atoms with Crippen molar-refractivity contribution in [1.82, 2.24) is 0 Å². The number of fused-ring (bicyclic) bond motifs is 5. The molecule has 8 atom stereocenters. The van der Waals surface area contributed by atoms with Gasteiger partial charge in [-0.25, -0.2) is 0 Å². The number of carbonyl (C=O) groups excluding carboxylic acids is 4. The van der Waals surface area contributed by atoms with Gasteiger partial charge in [-0.05, 0) is 49.3 Å². The Labute approximate surface area is 204 Å². The van der Waals surface area contributed by atoms with Crippen LogP contribution in [0.4, 0.5) is 0 Å². The Morgan fingerprint density at radius 2 is 1.91 bits per heavy atom. The number of hydrogen-bond acceptors (Lipinski definition) is 6. The summed E-state index contributed by atoms with van der Waals surface area (Å²) in [7, 11) is 0. The third-order valence-corrected chi connectivity index (χ3v) is 10.4. The van der Waals surface area contributed by atoms with Crippen LogP contribution >= 0.6 is 31.9 Å². The number of aliphatic hydroxyl groups is 1. The molecule has 2 unspecified atom stereocenters. The third kappa shape index (κ3) is 3.04. The zero-order valence-corrected chi connectivity index (χ0v) is 21.8. The molecule has 3 fully saturated rings. The second-order valence-corrected chi connectivity index (χ2v) is 13.3. The van der Waals surface area contributed by atoms with E-state index in [0.717, 1.165) is 5.57 Å². The van der Waals surface area contributed by atoms with Crippen molar-refractivity contribution < 1.29 is 29.0 Å². The smallest absolute Gasteiger partial charge is 0.303 e. The van der Waals surface area contributed by atoms with E-state index in [1.54, 1.807) is 13.0 Å². The minimum atomic E-state index is -1.88. The summed E-state index contributed by atoms with van der Waals surface area (Å²) in [6, 6.07) is 0. The molecule has 0 bridgehead atoms. The van der Waals surface area contributed by atoms with Gasteiger partial charge in [0.1, 0.15) is 11.4 Å². The Morgan fingerprint density at radius 1 is 1.25 bits per heavy atom. The molecule has 32 heavy (non-hydrogen) atoms. The number of allylic oxidation sites excluding steroid dienone is 4. The summed E-state index contributed by atoms with van der Waals surface area (Å²) in [5.41, 5.74) is -2.56. The van der Waals surface area contributed by atoms with Gasteiger partial charge >= 0.3 is 5.97 Å². The zero-order chi connectivity index (χ0) is 23.9.